The average Bonchev–Trinajstić information content (AvgIpc) is 2.85. The zero-order valence-corrected chi connectivity index (χ0v) is 21.0. The van der Waals surface area contributed by atoms with Gasteiger partial charge in [0.05, 0.1) is 0 Å². The van der Waals surface area contributed by atoms with Crippen molar-refractivity contribution >= 4 is 11.8 Å². The highest BCUT2D eigenvalue weighted by Gasteiger charge is 2.35. The van der Waals surface area contributed by atoms with Gasteiger partial charge in [-0.15, -0.1) is 0 Å². The first-order chi connectivity index (χ1) is 16.1. The smallest absolute Gasteiger partial charge is 0.245 e. The number of unbranched alkanes of at least 4 members (excludes halogenated alkanes) is 3. The zero-order valence-electron chi connectivity index (χ0n) is 21.0. The van der Waals surface area contributed by atoms with E-state index in [1.165, 1.54) is 56.1 Å². The summed E-state index contributed by atoms with van der Waals surface area (Å²) in [6, 6.07) is 7.93. The molecule has 2 amide bonds. The summed E-state index contributed by atoms with van der Waals surface area (Å²) < 4.78 is 0. The van der Waals surface area contributed by atoms with Crippen LogP contribution in [0.1, 0.15) is 88.2 Å². The molecule has 3 rings (SSSR count). The summed E-state index contributed by atoms with van der Waals surface area (Å²) in [6.45, 7) is 2.38. The molecule has 1 unspecified atom stereocenters. The molecule has 1 aliphatic carbocycles. The predicted octanol–water partition coefficient (Wildman–Crippen LogP) is 4.93. The number of likely N-dealkylation sites (N-methyl/N-ethyl adjacent to an activating group) is 1. The van der Waals surface area contributed by atoms with Crippen LogP contribution < -0.4 is 5.32 Å². The number of rotatable bonds is 12. The quantitative estimate of drug-likeness (QED) is 0.455. The molecule has 2 aliphatic rings. The molecule has 1 atom stereocenters. The average molecular weight is 456 g/mol. The van der Waals surface area contributed by atoms with E-state index in [1.54, 1.807) is 0 Å². The summed E-state index contributed by atoms with van der Waals surface area (Å²) >= 11 is 0. The van der Waals surface area contributed by atoms with Gasteiger partial charge < -0.3 is 15.1 Å². The van der Waals surface area contributed by atoms with E-state index in [0.29, 0.717) is 19.4 Å². The van der Waals surface area contributed by atoms with E-state index in [1.807, 2.05) is 36.0 Å². The van der Waals surface area contributed by atoms with Crippen LogP contribution in [0.15, 0.2) is 24.3 Å². The van der Waals surface area contributed by atoms with Crippen LogP contribution in [-0.4, -0.2) is 54.8 Å². The third kappa shape index (κ3) is 7.84. The molecule has 5 nitrogen and oxygen atoms in total. The lowest BCUT2D eigenvalue weighted by Crippen LogP contribution is -2.53. The van der Waals surface area contributed by atoms with Gasteiger partial charge in [-0.3, -0.25) is 9.59 Å². The summed E-state index contributed by atoms with van der Waals surface area (Å²) in [7, 11) is 3.89. The van der Waals surface area contributed by atoms with Crippen molar-refractivity contribution in [2.24, 2.45) is 5.92 Å². The Morgan fingerprint density at radius 1 is 1.00 bits per heavy atom. The highest BCUT2D eigenvalue weighted by molar-refractivity contribution is 5.88. The topological polar surface area (TPSA) is 52.7 Å². The number of benzene rings is 1. The van der Waals surface area contributed by atoms with Crippen LogP contribution in [-0.2, 0) is 22.6 Å². The van der Waals surface area contributed by atoms with Gasteiger partial charge in [-0.05, 0) is 56.3 Å². The molecule has 1 aliphatic heterocycles. The van der Waals surface area contributed by atoms with Gasteiger partial charge in [0.2, 0.25) is 11.8 Å². The Morgan fingerprint density at radius 3 is 2.48 bits per heavy atom. The Bertz CT molecular complexity index is 744. The summed E-state index contributed by atoms with van der Waals surface area (Å²) in [4.78, 5) is 30.5. The van der Waals surface area contributed by atoms with Crippen LogP contribution in [0, 0.1) is 5.92 Å². The van der Waals surface area contributed by atoms with Gasteiger partial charge in [-0.2, -0.15) is 0 Å². The Balaban J connectivity index is 1.56. The van der Waals surface area contributed by atoms with E-state index < -0.39 is 0 Å². The van der Waals surface area contributed by atoms with Crippen LogP contribution >= 0.6 is 0 Å². The zero-order chi connectivity index (χ0) is 23.5. The fourth-order valence-corrected chi connectivity index (χ4v) is 5.54. The van der Waals surface area contributed by atoms with E-state index in [-0.39, 0.29) is 17.9 Å². The van der Waals surface area contributed by atoms with Gasteiger partial charge in [0.15, 0.2) is 0 Å². The number of hydrogen-bond acceptors (Lipinski definition) is 3. The van der Waals surface area contributed by atoms with Gasteiger partial charge in [0.25, 0.3) is 0 Å². The van der Waals surface area contributed by atoms with Crippen molar-refractivity contribution in [3.8, 4) is 0 Å². The highest BCUT2D eigenvalue weighted by atomic mass is 16.2. The number of carbonyl (C=O) groups excluding carboxylic acids is 2. The lowest BCUT2D eigenvalue weighted by Gasteiger charge is -2.38. The fourth-order valence-electron chi connectivity index (χ4n) is 5.54. The monoisotopic (exact) mass is 455 g/mol. The molecule has 33 heavy (non-hydrogen) atoms. The number of hydrogen-bond donors (Lipinski definition) is 1. The molecule has 0 aromatic heterocycles. The molecule has 0 bridgehead atoms. The largest absolute Gasteiger partial charge is 0.344 e. The standard InChI is InChI=1S/C28H45N3O2/c1-29-19-10-3-4-11-20-30(2)28(33)26-21-24-16-8-9-17-25(24)22-31(26)27(32)18-12-15-23-13-6-5-7-14-23/h8-9,16-17,23,26,29H,3-7,10-15,18-22H2,1-2H3. The molecule has 184 valence electrons. The summed E-state index contributed by atoms with van der Waals surface area (Å²) in [5.41, 5.74) is 2.40. The van der Waals surface area contributed by atoms with Crippen molar-refractivity contribution in [2.45, 2.75) is 96.1 Å². The first-order valence-electron chi connectivity index (χ1n) is 13.4. The minimum absolute atomic E-state index is 0.0976. The van der Waals surface area contributed by atoms with Crippen molar-refractivity contribution in [1.82, 2.24) is 15.1 Å². The van der Waals surface area contributed by atoms with Crippen LogP contribution in [0.5, 0.6) is 0 Å². The third-order valence-corrected chi connectivity index (χ3v) is 7.63. The van der Waals surface area contributed by atoms with Crippen LogP contribution in [0.3, 0.4) is 0 Å². The number of amides is 2. The van der Waals surface area contributed by atoms with Crippen molar-refractivity contribution in [1.29, 1.82) is 0 Å². The Morgan fingerprint density at radius 2 is 1.73 bits per heavy atom. The van der Waals surface area contributed by atoms with E-state index in [2.05, 4.69) is 17.4 Å². The van der Waals surface area contributed by atoms with Crippen LogP contribution in [0.25, 0.3) is 0 Å². The Labute approximate surface area is 201 Å². The summed E-state index contributed by atoms with van der Waals surface area (Å²) in [5, 5.41) is 3.18. The molecule has 1 aromatic rings. The maximum Gasteiger partial charge on any atom is 0.245 e. The molecular weight excluding hydrogens is 410 g/mol. The van der Waals surface area contributed by atoms with Gasteiger partial charge in [-0.25, -0.2) is 0 Å². The molecule has 0 radical (unpaired) electrons. The van der Waals surface area contributed by atoms with Crippen molar-refractivity contribution in [2.75, 3.05) is 27.2 Å². The van der Waals surface area contributed by atoms with Gasteiger partial charge in [0, 0.05) is 33.0 Å². The molecular formula is C28H45N3O2. The van der Waals surface area contributed by atoms with Crippen molar-refractivity contribution in [3.63, 3.8) is 0 Å². The van der Waals surface area contributed by atoms with Gasteiger partial charge in [0.1, 0.15) is 6.04 Å². The SMILES string of the molecule is CNCCCCCCN(C)C(=O)C1Cc2ccccc2CN1C(=O)CCCC1CCCCC1. The number of nitrogens with one attached hydrogen (secondary N) is 1. The van der Waals surface area contributed by atoms with E-state index in [9.17, 15) is 9.59 Å². The van der Waals surface area contributed by atoms with E-state index >= 15 is 0 Å². The first kappa shape index (κ1) is 25.7. The maximum absolute atomic E-state index is 13.4. The minimum atomic E-state index is -0.364. The summed E-state index contributed by atoms with van der Waals surface area (Å²) in [5.74, 6) is 1.05. The van der Waals surface area contributed by atoms with E-state index in [0.717, 1.165) is 44.7 Å². The lowest BCUT2D eigenvalue weighted by atomic mass is 9.85. The van der Waals surface area contributed by atoms with Crippen molar-refractivity contribution in [3.05, 3.63) is 35.4 Å². The molecule has 1 saturated carbocycles. The molecule has 1 aromatic carbocycles. The third-order valence-electron chi connectivity index (χ3n) is 7.63. The fraction of sp³-hybridized carbons (Fsp3) is 0.714. The molecule has 1 heterocycles. The van der Waals surface area contributed by atoms with Crippen LogP contribution in [0.2, 0.25) is 0 Å². The summed E-state index contributed by atoms with van der Waals surface area (Å²) in [6.07, 6.45) is 14.5. The highest BCUT2D eigenvalue weighted by Crippen LogP contribution is 2.29. The molecule has 5 heteroatoms. The normalized spacial score (nSPS) is 18.7. The second kappa shape index (κ2) is 13.7. The molecule has 1 fully saturated rings. The molecule has 0 spiro atoms. The van der Waals surface area contributed by atoms with Crippen LogP contribution in [0.4, 0.5) is 0 Å². The minimum Gasteiger partial charge on any atom is -0.344 e. The lowest BCUT2D eigenvalue weighted by molar-refractivity contribution is -0.146. The second-order valence-corrected chi connectivity index (χ2v) is 10.2. The molecule has 1 N–H and O–H groups in total. The van der Waals surface area contributed by atoms with E-state index in [4.69, 9.17) is 0 Å². The Hall–Kier alpha value is -1.88. The predicted molar refractivity (Wildman–Crippen MR) is 135 cm³/mol. The number of nitrogens with zero attached hydrogens (tertiary/aromatic N) is 2. The number of carbonyl (C=O) groups is 2. The van der Waals surface area contributed by atoms with Crippen molar-refractivity contribution < 1.29 is 9.59 Å². The Kier molecular flexibility index (Phi) is 10.7. The maximum atomic E-state index is 13.4. The molecule has 0 saturated heterocycles. The second-order valence-electron chi connectivity index (χ2n) is 10.2. The number of fused-ring (bicyclic) bond motifs is 1. The van der Waals surface area contributed by atoms with Gasteiger partial charge >= 0.3 is 0 Å². The van der Waals surface area contributed by atoms with Gasteiger partial charge in [-0.1, -0.05) is 69.2 Å². The first-order valence-corrected chi connectivity index (χ1v) is 13.4.